The fourth-order valence-corrected chi connectivity index (χ4v) is 3.93. The molecule has 158 valence electrons. The van der Waals surface area contributed by atoms with Gasteiger partial charge < -0.3 is 19.4 Å². The SMILES string of the molecule is CCOc1cc2c(cc1OCC)-n1cccc1C(c1ccc(C(F)(F)F)cc1)[NH2+]C2. The first kappa shape index (κ1) is 20.3. The molecule has 4 rings (SSSR count). The van der Waals surface area contributed by atoms with E-state index in [0.29, 0.717) is 31.3 Å². The standard InChI is InChI=1S/C23H23F3N2O2/c1-3-29-20-12-16-14-27-22(15-7-9-17(10-8-15)23(24,25)26)18-6-5-11-28(18)19(16)13-21(20)30-4-2/h5-13,22,27H,3-4,14H2,1-2H3/p+1. The number of fused-ring (bicyclic) bond motifs is 3. The molecular weight excluding hydrogens is 393 g/mol. The Kier molecular flexibility index (Phi) is 5.47. The van der Waals surface area contributed by atoms with Crippen molar-refractivity contribution in [3.63, 3.8) is 0 Å². The molecule has 0 spiro atoms. The summed E-state index contributed by atoms with van der Waals surface area (Å²) in [5.41, 5.74) is 3.26. The number of halogens is 3. The fraction of sp³-hybridized carbons (Fsp3) is 0.304. The highest BCUT2D eigenvalue weighted by Gasteiger charge is 2.32. The van der Waals surface area contributed by atoms with Crippen molar-refractivity contribution in [1.82, 2.24) is 4.57 Å². The van der Waals surface area contributed by atoms with E-state index in [4.69, 9.17) is 9.47 Å². The van der Waals surface area contributed by atoms with Gasteiger partial charge in [-0.1, -0.05) is 12.1 Å². The van der Waals surface area contributed by atoms with Gasteiger partial charge >= 0.3 is 6.18 Å². The predicted molar refractivity (Wildman–Crippen MR) is 107 cm³/mol. The molecule has 0 saturated heterocycles. The van der Waals surface area contributed by atoms with E-state index in [-0.39, 0.29) is 6.04 Å². The van der Waals surface area contributed by atoms with E-state index in [9.17, 15) is 13.2 Å². The van der Waals surface area contributed by atoms with Crippen LogP contribution in [0.5, 0.6) is 11.5 Å². The minimum Gasteiger partial charge on any atom is -0.490 e. The zero-order valence-electron chi connectivity index (χ0n) is 16.9. The number of benzene rings is 2. The van der Waals surface area contributed by atoms with Crippen LogP contribution in [-0.2, 0) is 12.7 Å². The van der Waals surface area contributed by atoms with Crippen LogP contribution < -0.4 is 14.8 Å². The van der Waals surface area contributed by atoms with Crippen LogP contribution in [0.4, 0.5) is 13.2 Å². The number of nitrogens with zero attached hydrogens (tertiary/aromatic N) is 1. The van der Waals surface area contributed by atoms with Gasteiger partial charge in [0.25, 0.3) is 0 Å². The van der Waals surface area contributed by atoms with Crippen LogP contribution in [0.25, 0.3) is 5.69 Å². The molecular formula is C23H24F3N2O2+. The quantitative estimate of drug-likeness (QED) is 0.666. The Balaban J connectivity index is 1.76. The molecule has 2 heterocycles. The average Bonchev–Trinajstić information content (AvgIpc) is 3.14. The highest BCUT2D eigenvalue weighted by atomic mass is 19.4. The van der Waals surface area contributed by atoms with Crippen LogP contribution in [0.15, 0.2) is 54.7 Å². The molecule has 2 N–H and O–H groups in total. The first-order valence-corrected chi connectivity index (χ1v) is 10.0. The van der Waals surface area contributed by atoms with Crippen LogP contribution in [-0.4, -0.2) is 17.8 Å². The third kappa shape index (κ3) is 3.77. The van der Waals surface area contributed by atoms with E-state index in [0.717, 1.165) is 34.6 Å². The van der Waals surface area contributed by atoms with Gasteiger partial charge in [-0.25, -0.2) is 0 Å². The average molecular weight is 417 g/mol. The summed E-state index contributed by atoms with van der Waals surface area (Å²) in [5.74, 6) is 1.39. The van der Waals surface area contributed by atoms with Crippen LogP contribution in [0.2, 0.25) is 0 Å². The Morgan fingerprint density at radius 1 is 1.00 bits per heavy atom. The molecule has 1 atom stereocenters. The monoisotopic (exact) mass is 417 g/mol. The highest BCUT2D eigenvalue weighted by Crippen LogP contribution is 2.36. The second kappa shape index (κ2) is 8.07. The minimum atomic E-state index is -4.34. The van der Waals surface area contributed by atoms with Gasteiger partial charge in [-0.05, 0) is 44.2 Å². The number of hydrogen-bond acceptors (Lipinski definition) is 2. The first-order chi connectivity index (χ1) is 14.4. The second-order valence-electron chi connectivity index (χ2n) is 7.13. The van der Waals surface area contributed by atoms with E-state index >= 15 is 0 Å². The lowest BCUT2D eigenvalue weighted by atomic mass is 10.0. The third-order valence-electron chi connectivity index (χ3n) is 5.27. The number of rotatable bonds is 5. The van der Waals surface area contributed by atoms with Crippen molar-refractivity contribution in [3.05, 3.63) is 77.1 Å². The molecule has 0 saturated carbocycles. The highest BCUT2D eigenvalue weighted by molar-refractivity contribution is 5.56. The lowest BCUT2D eigenvalue weighted by molar-refractivity contribution is -0.702. The molecule has 1 aliphatic rings. The van der Waals surface area contributed by atoms with Gasteiger partial charge in [0.05, 0.1) is 30.2 Å². The molecule has 2 aromatic carbocycles. The topological polar surface area (TPSA) is 40.0 Å². The lowest BCUT2D eigenvalue weighted by Crippen LogP contribution is -2.83. The Labute approximate surface area is 173 Å². The lowest BCUT2D eigenvalue weighted by Gasteiger charge is -2.16. The number of hydrogen-bond donors (Lipinski definition) is 1. The summed E-state index contributed by atoms with van der Waals surface area (Å²) in [5, 5.41) is 2.14. The van der Waals surface area contributed by atoms with Gasteiger partial charge in [0.1, 0.15) is 6.54 Å². The van der Waals surface area contributed by atoms with E-state index in [1.807, 2.05) is 44.3 Å². The number of quaternary nitrogens is 1. The minimum absolute atomic E-state index is 0.124. The van der Waals surface area contributed by atoms with Crippen molar-refractivity contribution < 1.29 is 28.0 Å². The van der Waals surface area contributed by atoms with Gasteiger partial charge in [-0.15, -0.1) is 0 Å². The summed E-state index contributed by atoms with van der Waals surface area (Å²) < 4.78 is 52.5. The number of aromatic nitrogens is 1. The Morgan fingerprint density at radius 2 is 1.67 bits per heavy atom. The van der Waals surface area contributed by atoms with E-state index in [1.165, 1.54) is 0 Å². The van der Waals surface area contributed by atoms with E-state index < -0.39 is 11.7 Å². The predicted octanol–water partition coefficient (Wildman–Crippen LogP) is 4.46. The van der Waals surface area contributed by atoms with Gasteiger partial charge in [0.15, 0.2) is 17.5 Å². The molecule has 0 fully saturated rings. The molecule has 7 heteroatoms. The third-order valence-corrected chi connectivity index (χ3v) is 5.27. The zero-order chi connectivity index (χ0) is 21.3. The van der Waals surface area contributed by atoms with Crippen molar-refractivity contribution in [1.29, 1.82) is 0 Å². The van der Waals surface area contributed by atoms with E-state index in [2.05, 4.69) is 9.88 Å². The Bertz CT molecular complexity index is 1030. The Hall–Kier alpha value is -2.93. The molecule has 0 radical (unpaired) electrons. The van der Waals surface area contributed by atoms with Gasteiger partial charge in [-0.2, -0.15) is 13.2 Å². The van der Waals surface area contributed by atoms with E-state index in [1.54, 1.807) is 12.1 Å². The molecule has 1 aromatic heterocycles. The maximum Gasteiger partial charge on any atom is 0.416 e. The smallest absolute Gasteiger partial charge is 0.416 e. The normalized spacial score (nSPS) is 15.8. The number of alkyl halides is 3. The molecule has 1 aliphatic heterocycles. The molecule has 1 unspecified atom stereocenters. The molecule has 4 nitrogen and oxygen atoms in total. The van der Waals surface area contributed by atoms with Crippen LogP contribution in [0.1, 0.15) is 42.3 Å². The number of ether oxygens (including phenoxy) is 2. The zero-order valence-corrected chi connectivity index (χ0v) is 16.9. The summed E-state index contributed by atoms with van der Waals surface area (Å²) in [6.07, 6.45) is -2.37. The summed E-state index contributed by atoms with van der Waals surface area (Å²) >= 11 is 0. The summed E-state index contributed by atoms with van der Waals surface area (Å²) in [6, 6.07) is 13.2. The first-order valence-electron chi connectivity index (χ1n) is 10.0. The second-order valence-corrected chi connectivity index (χ2v) is 7.13. The van der Waals surface area contributed by atoms with Gasteiger partial charge in [0.2, 0.25) is 0 Å². The molecule has 0 bridgehead atoms. The van der Waals surface area contributed by atoms with Crippen molar-refractivity contribution in [3.8, 4) is 17.2 Å². The van der Waals surface area contributed by atoms with Gasteiger partial charge in [0, 0.05) is 23.4 Å². The summed E-state index contributed by atoms with van der Waals surface area (Å²) in [4.78, 5) is 0. The maximum atomic E-state index is 13.0. The largest absolute Gasteiger partial charge is 0.490 e. The molecule has 0 amide bonds. The summed E-state index contributed by atoms with van der Waals surface area (Å²) in [6.45, 7) is 5.58. The van der Waals surface area contributed by atoms with Crippen LogP contribution in [0, 0.1) is 0 Å². The molecule has 3 aromatic rings. The fourth-order valence-electron chi connectivity index (χ4n) is 3.93. The van der Waals surface area contributed by atoms with Gasteiger partial charge in [-0.3, -0.25) is 0 Å². The summed E-state index contributed by atoms with van der Waals surface area (Å²) in [7, 11) is 0. The van der Waals surface area contributed by atoms with Crippen molar-refractivity contribution in [2.75, 3.05) is 13.2 Å². The van der Waals surface area contributed by atoms with Crippen molar-refractivity contribution in [2.24, 2.45) is 0 Å². The Morgan fingerprint density at radius 3 is 2.30 bits per heavy atom. The van der Waals surface area contributed by atoms with Crippen LogP contribution >= 0.6 is 0 Å². The van der Waals surface area contributed by atoms with Crippen molar-refractivity contribution >= 4 is 0 Å². The van der Waals surface area contributed by atoms with Crippen molar-refractivity contribution in [2.45, 2.75) is 32.6 Å². The molecule has 30 heavy (non-hydrogen) atoms. The molecule has 0 aliphatic carbocycles. The maximum absolute atomic E-state index is 13.0. The van der Waals surface area contributed by atoms with Crippen LogP contribution in [0.3, 0.4) is 0 Å². The number of nitrogens with two attached hydrogens (primary N) is 1.